The summed E-state index contributed by atoms with van der Waals surface area (Å²) in [5, 5.41) is 0. The highest BCUT2D eigenvalue weighted by atomic mass is 32.1. The smallest absolute Gasteiger partial charge is 0.263 e. The molecule has 3 heterocycles. The molecule has 2 aromatic rings. The van der Waals surface area contributed by atoms with E-state index in [4.69, 9.17) is 0 Å². The second kappa shape index (κ2) is 8.63. The Bertz CT molecular complexity index is 882. The lowest BCUT2D eigenvalue weighted by Crippen LogP contribution is -2.44. The summed E-state index contributed by atoms with van der Waals surface area (Å²) in [6.45, 7) is 6.17. The van der Waals surface area contributed by atoms with Crippen molar-refractivity contribution in [2.45, 2.75) is 32.4 Å². The van der Waals surface area contributed by atoms with Crippen LogP contribution in [0.15, 0.2) is 36.4 Å². The zero-order valence-corrected chi connectivity index (χ0v) is 17.5. The van der Waals surface area contributed by atoms with E-state index in [-0.39, 0.29) is 23.7 Å². The molecule has 0 spiro atoms. The normalized spacial score (nSPS) is 20.9. The minimum Gasteiger partial charge on any atom is -0.337 e. The Morgan fingerprint density at radius 3 is 2.59 bits per heavy atom. The SMILES string of the molecule is Cc1ccc(C(=O)N2CCCN(C3CCN(Cc4ccc(F)cc4)C3=O)CC2)s1. The molecular formula is C22H26FN3O2S. The third-order valence-electron chi connectivity index (χ3n) is 5.77. The maximum atomic E-state index is 13.1. The van der Waals surface area contributed by atoms with E-state index in [1.807, 2.05) is 28.9 Å². The second-order valence-electron chi connectivity index (χ2n) is 7.78. The van der Waals surface area contributed by atoms with E-state index in [2.05, 4.69) is 4.90 Å². The molecule has 154 valence electrons. The monoisotopic (exact) mass is 415 g/mol. The zero-order valence-electron chi connectivity index (χ0n) is 16.6. The van der Waals surface area contributed by atoms with Gasteiger partial charge in [-0.25, -0.2) is 4.39 Å². The summed E-state index contributed by atoms with van der Waals surface area (Å²) in [4.78, 5) is 33.7. The van der Waals surface area contributed by atoms with Crippen LogP contribution in [0, 0.1) is 12.7 Å². The van der Waals surface area contributed by atoms with Crippen molar-refractivity contribution in [2.75, 3.05) is 32.7 Å². The number of aryl methyl sites for hydroxylation is 1. The van der Waals surface area contributed by atoms with Crippen molar-refractivity contribution in [3.63, 3.8) is 0 Å². The molecule has 5 nitrogen and oxygen atoms in total. The fourth-order valence-corrected chi connectivity index (χ4v) is 5.02. The summed E-state index contributed by atoms with van der Waals surface area (Å²) in [6, 6.07) is 10.1. The van der Waals surface area contributed by atoms with Crippen LogP contribution in [0.4, 0.5) is 4.39 Å². The summed E-state index contributed by atoms with van der Waals surface area (Å²) in [7, 11) is 0. The molecule has 1 atom stereocenters. The summed E-state index contributed by atoms with van der Waals surface area (Å²) >= 11 is 1.54. The molecule has 0 bridgehead atoms. The molecule has 4 rings (SSSR count). The summed E-state index contributed by atoms with van der Waals surface area (Å²) in [5.41, 5.74) is 0.944. The third-order valence-corrected chi connectivity index (χ3v) is 6.75. The molecule has 2 aliphatic heterocycles. The average Bonchev–Trinajstić information content (AvgIpc) is 3.21. The van der Waals surface area contributed by atoms with Crippen molar-refractivity contribution >= 4 is 23.2 Å². The molecule has 2 fully saturated rings. The van der Waals surface area contributed by atoms with Crippen molar-refractivity contribution in [3.05, 3.63) is 57.5 Å². The Morgan fingerprint density at radius 2 is 1.86 bits per heavy atom. The van der Waals surface area contributed by atoms with Gasteiger partial charge in [0.1, 0.15) is 5.82 Å². The highest BCUT2D eigenvalue weighted by Crippen LogP contribution is 2.23. The molecule has 2 saturated heterocycles. The van der Waals surface area contributed by atoms with Crippen LogP contribution in [-0.4, -0.2) is 65.3 Å². The highest BCUT2D eigenvalue weighted by molar-refractivity contribution is 7.13. The maximum Gasteiger partial charge on any atom is 0.263 e. The molecular weight excluding hydrogens is 389 g/mol. The number of carbonyl (C=O) groups excluding carboxylic acids is 2. The van der Waals surface area contributed by atoms with Crippen molar-refractivity contribution in [3.8, 4) is 0 Å². The van der Waals surface area contributed by atoms with Gasteiger partial charge >= 0.3 is 0 Å². The van der Waals surface area contributed by atoms with Crippen LogP contribution in [0.25, 0.3) is 0 Å². The van der Waals surface area contributed by atoms with Gasteiger partial charge in [-0.2, -0.15) is 0 Å². The summed E-state index contributed by atoms with van der Waals surface area (Å²) < 4.78 is 13.1. The van der Waals surface area contributed by atoms with Gasteiger partial charge in [-0.3, -0.25) is 14.5 Å². The number of carbonyl (C=O) groups is 2. The number of amides is 2. The van der Waals surface area contributed by atoms with E-state index < -0.39 is 0 Å². The maximum absolute atomic E-state index is 13.1. The topological polar surface area (TPSA) is 43.9 Å². The van der Waals surface area contributed by atoms with Gasteiger partial charge in [0.2, 0.25) is 5.91 Å². The van der Waals surface area contributed by atoms with Crippen LogP contribution in [0.2, 0.25) is 0 Å². The van der Waals surface area contributed by atoms with Gasteiger partial charge < -0.3 is 9.80 Å². The highest BCUT2D eigenvalue weighted by Gasteiger charge is 2.36. The predicted octanol–water partition coefficient (Wildman–Crippen LogP) is 3.14. The van der Waals surface area contributed by atoms with Gasteiger partial charge in [0.25, 0.3) is 5.91 Å². The van der Waals surface area contributed by atoms with E-state index in [1.54, 1.807) is 12.1 Å². The first-order valence-electron chi connectivity index (χ1n) is 10.1. The quantitative estimate of drug-likeness (QED) is 0.771. The number of halogens is 1. The molecule has 1 aromatic carbocycles. The van der Waals surface area contributed by atoms with E-state index in [0.29, 0.717) is 19.6 Å². The Kier molecular flexibility index (Phi) is 5.96. The Balaban J connectivity index is 1.35. The Labute approximate surface area is 174 Å². The van der Waals surface area contributed by atoms with Crippen LogP contribution in [0.5, 0.6) is 0 Å². The first-order chi connectivity index (χ1) is 14.0. The molecule has 0 radical (unpaired) electrons. The van der Waals surface area contributed by atoms with Crippen molar-refractivity contribution in [1.29, 1.82) is 0 Å². The molecule has 1 unspecified atom stereocenters. The predicted molar refractivity (Wildman–Crippen MR) is 111 cm³/mol. The fraction of sp³-hybridized carbons (Fsp3) is 0.455. The number of thiophene rings is 1. The lowest BCUT2D eigenvalue weighted by Gasteiger charge is -2.26. The van der Waals surface area contributed by atoms with E-state index in [0.717, 1.165) is 47.8 Å². The number of hydrogen-bond donors (Lipinski definition) is 0. The lowest BCUT2D eigenvalue weighted by atomic mass is 10.2. The first-order valence-corrected chi connectivity index (χ1v) is 11.0. The van der Waals surface area contributed by atoms with Gasteiger partial charge in [0.15, 0.2) is 0 Å². The molecule has 0 N–H and O–H groups in total. The minimum absolute atomic E-state index is 0.0978. The van der Waals surface area contributed by atoms with Gasteiger partial charge in [0.05, 0.1) is 10.9 Å². The molecule has 2 aliphatic rings. The number of rotatable bonds is 4. The minimum atomic E-state index is -0.263. The van der Waals surface area contributed by atoms with Crippen LogP contribution in [0.1, 0.15) is 33.0 Å². The van der Waals surface area contributed by atoms with E-state index >= 15 is 0 Å². The number of nitrogens with zero attached hydrogens (tertiary/aromatic N) is 3. The van der Waals surface area contributed by atoms with Crippen molar-refractivity contribution in [1.82, 2.24) is 14.7 Å². The summed E-state index contributed by atoms with van der Waals surface area (Å²) in [5.74, 6) is -0.0237. The van der Waals surface area contributed by atoms with Crippen molar-refractivity contribution < 1.29 is 14.0 Å². The van der Waals surface area contributed by atoms with Crippen LogP contribution < -0.4 is 0 Å². The number of benzene rings is 1. The van der Waals surface area contributed by atoms with Gasteiger partial charge in [0, 0.05) is 44.1 Å². The average molecular weight is 416 g/mol. The zero-order chi connectivity index (χ0) is 20.4. The molecule has 0 aliphatic carbocycles. The third kappa shape index (κ3) is 4.51. The van der Waals surface area contributed by atoms with Crippen LogP contribution in [-0.2, 0) is 11.3 Å². The second-order valence-corrected chi connectivity index (χ2v) is 9.07. The van der Waals surface area contributed by atoms with Crippen LogP contribution in [0.3, 0.4) is 0 Å². The fourth-order valence-electron chi connectivity index (χ4n) is 4.19. The van der Waals surface area contributed by atoms with Gasteiger partial charge in [-0.15, -0.1) is 11.3 Å². The number of likely N-dealkylation sites (tertiary alicyclic amines) is 1. The van der Waals surface area contributed by atoms with Gasteiger partial charge in [-0.1, -0.05) is 12.1 Å². The molecule has 2 amide bonds. The molecule has 0 saturated carbocycles. The molecule has 29 heavy (non-hydrogen) atoms. The number of hydrogen-bond acceptors (Lipinski definition) is 4. The molecule has 1 aromatic heterocycles. The lowest BCUT2D eigenvalue weighted by molar-refractivity contribution is -0.132. The van der Waals surface area contributed by atoms with Crippen LogP contribution >= 0.6 is 11.3 Å². The Hall–Kier alpha value is -2.25. The Morgan fingerprint density at radius 1 is 1.07 bits per heavy atom. The van der Waals surface area contributed by atoms with Gasteiger partial charge in [-0.05, 0) is 49.6 Å². The molecule has 7 heteroatoms. The van der Waals surface area contributed by atoms with E-state index in [1.165, 1.54) is 23.5 Å². The summed E-state index contributed by atoms with van der Waals surface area (Å²) in [6.07, 6.45) is 1.68. The van der Waals surface area contributed by atoms with E-state index in [9.17, 15) is 14.0 Å². The largest absolute Gasteiger partial charge is 0.337 e. The standard InChI is InChI=1S/C22H26FN3O2S/c1-16-3-8-20(29-16)22(28)25-11-2-10-24(13-14-25)19-9-12-26(21(19)27)15-17-4-6-18(23)7-5-17/h3-8,19H,2,9-15H2,1H3. The first kappa shape index (κ1) is 20.0. The van der Waals surface area contributed by atoms with Crippen molar-refractivity contribution in [2.24, 2.45) is 0 Å².